The van der Waals surface area contributed by atoms with E-state index >= 15 is 0 Å². The Labute approximate surface area is 64.0 Å². The van der Waals surface area contributed by atoms with Crippen LogP contribution in [0.25, 0.3) is 0 Å². The molecule has 0 atom stereocenters. The Bertz CT molecular complexity index is 184. The van der Waals surface area contributed by atoms with Crippen LogP contribution in [0.1, 0.15) is 13.8 Å². The quantitative estimate of drug-likeness (QED) is 0.587. The van der Waals surface area contributed by atoms with E-state index in [1.165, 1.54) is 6.20 Å². The van der Waals surface area contributed by atoms with Gasteiger partial charge in [0.15, 0.2) is 0 Å². The summed E-state index contributed by atoms with van der Waals surface area (Å²) in [5.74, 6) is 0.0639. The van der Waals surface area contributed by atoms with Gasteiger partial charge in [-0.2, -0.15) is 5.43 Å². The third-order valence-electron chi connectivity index (χ3n) is 1.49. The predicted octanol–water partition coefficient (Wildman–Crippen LogP) is 1.77. The number of nitrogens with zero attached hydrogens (tertiary/aromatic N) is 2. The number of hydrogen-bond acceptors (Lipinski definition) is 1. The molecular weight excluding hydrogens is 150 g/mol. The molecule has 2 nitrogen and oxygen atoms in total. The molecule has 1 aliphatic heterocycles. The minimum absolute atomic E-state index is 0.0639. The largest absolute Gasteiger partial charge is 0.282 e. The standard InChI is InChI=1S/C7H9F2N2/c1-4(2)5-3-10-11-6(5)7(8)9/h3-4,7H,1-2H3. The Morgan fingerprint density at radius 3 is 2.36 bits per heavy atom. The number of allylic oxidation sites excluding steroid dienone is 1. The lowest BCUT2D eigenvalue weighted by molar-refractivity contribution is 0.225. The van der Waals surface area contributed by atoms with E-state index in [9.17, 15) is 8.78 Å². The monoisotopic (exact) mass is 159 g/mol. The van der Waals surface area contributed by atoms with Crippen LogP contribution in [0.4, 0.5) is 8.78 Å². The fourth-order valence-corrected chi connectivity index (χ4v) is 0.892. The average Bonchev–Trinajstić information content (AvgIpc) is 2.32. The van der Waals surface area contributed by atoms with Crippen molar-refractivity contribution in [3.05, 3.63) is 11.8 Å². The third-order valence-corrected chi connectivity index (χ3v) is 1.49. The van der Waals surface area contributed by atoms with Crippen LogP contribution in [0.2, 0.25) is 0 Å². The second kappa shape index (κ2) is 2.98. The number of hydrogen-bond donors (Lipinski definition) is 0. The molecule has 0 aromatic carbocycles. The van der Waals surface area contributed by atoms with E-state index in [0.29, 0.717) is 5.57 Å². The molecule has 11 heavy (non-hydrogen) atoms. The second-order valence-corrected chi connectivity index (χ2v) is 2.64. The molecule has 4 heteroatoms. The van der Waals surface area contributed by atoms with Crippen LogP contribution in [-0.4, -0.2) is 12.1 Å². The van der Waals surface area contributed by atoms with Crippen LogP contribution in [0.5, 0.6) is 0 Å². The fraction of sp³-hybridized carbons (Fsp3) is 0.571. The predicted molar refractivity (Wildman–Crippen MR) is 38.5 cm³/mol. The summed E-state index contributed by atoms with van der Waals surface area (Å²) in [6.45, 7) is 3.68. The maximum absolute atomic E-state index is 12.1. The Balaban J connectivity index is 2.76. The van der Waals surface area contributed by atoms with Gasteiger partial charge in [-0.3, -0.25) is 0 Å². The second-order valence-electron chi connectivity index (χ2n) is 2.64. The van der Waals surface area contributed by atoms with Crippen LogP contribution < -0.4 is 5.43 Å². The number of halogens is 2. The molecule has 0 aromatic heterocycles. The third kappa shape index (κ3) is 1.56. The highest BCUT2D eigenvalue weighted by Crippen LogP contribution is 2.19. The van der Waals surface area contributed by atoms with E-state index < -0.39 is 6.43 Å². The highest BCUT2D eigenvalue weighted by atomic mass is 19.3. The summed E-state index contributed by atoms with van der Waals surface area (Å²) in [4.78, 5) is 0. The SMILES string of the molecule is CC(C)C1=C[N]N=C1C(F)F. The Kier molecular flexibility index (Phi) is 2.22. The van der Waals surface area contributed by atoms with E-state index in [4.69, 9.17) is 0 Å². The first-order chi connectivity index (χ1) is 5.13. The maximum Gasteiger partial charge on any atom is 0.282 e. The summed E-state index contributed by atoms with van der Waals surface area (Å²) >= 11 is 0. The van der Waals surface area contributed by atoms with Crippen molar-refractivity contribution in [2.75, 3.05) is 0 Å². The molecule has 1 rings (SSSR count). The van der Waals surface area contributed by atoms with Crippen molar-refractivity contribution in [1.82, 2.24) is 5.43 Å². The van der Waals surface area contributed by atoms with Gasteiger partial charge in [-0.25, -0.2) is 8.78 Å². The maximum atomic E-state index is 12.1. The first-order valence-electron chi connectivity index (χ1n) is 3.39. The van der Waals surface area contributed by atoms with Gasteiger partial charge >= 0.3 is 0 Å². The van der Waals surface area contributed by atoms with Crippen molar-refractivity contribution >= 4 is 5.71 Å². The normalized spacial score (nSPS) is 16.9. The molecule has 0 aliphatic carbocycles. The summed E-state index contributed by atoms with van der Waals surface area (Å²) in [6.07, 6.45) is -1.11. The first kappa shape index (κ1) is 8.17. The minimum Gasteiger partial charge on any atom is -0.203 e. The number of rotatable bonds is 2. The fourth-order valence-electron chi connectivity index (χ4n) is 0.892. The molecule has 0 N–H and O–H groups in total. The molecule has 1 heterocycles. The zero-order valence-electron chi connectivity index (χ0n) is 6.38. The zero-order chi connectivity index (χ0) is 8.43. The lowest BCUT2D eigenvalue weighted by Crippen LogP contribution is -2.14. The lowest BCUT2D eigenvalue weighted by atomic mass is 10.0. The summed E-state index contributed by atoms with van der Waals surface area (Å²) in [7, 11) is 0. The highest BCUT2D eigenvalue weighted by Gasteiger charge is 2.24. The molecule has 0 saturated heterocycles. The van der Waals surface area contributed by atoms with Gasteiger partial charge in [0, 0.05) is 5.57 Å². The molecule has 61 valence electrons. The molecule has 0 spiro atoms. The van der Waals surface area contributed by atoms with Gasteiger partial charge in [-0.15, -0.1) is 5.10 Å². The van der Waals surface area contributed by atoms with Crippen LogP contribution >= 0.6 is 0 Å². The van der Waals surface area contributed by atoms with Crippen molar-refractivity contribution < 1.29 is 8.78 Å². The molecule has 1 aliphatic rings. The molecular formula is C7H9F2N2. The van der Waals surface area contributed by atoms with Crippen LogP contribution in [0.15, 0.2) is 16.9 Å². The molecule has 0 amide bonds. The Morgan fingerprint density at radius 1 is 1.36 bits per heavy atom. The van der Waals surface area contributed by atoms with E-state index in [2.05, 4.69) is 10.5 Å². The summed E-state index contributed by atoms with van der Waals surface area (Å²) in [6, 6.07) is 0. The summed E-state index contributed by atoms with van der Waals surface area (Å²) in [5, 5.41) is 3.34. The smallest absolute Gasteiger partial charge is 0.203 e. The van der Waals surface area contributed by atoms with Crippen molar-refractivity contribution in [3.63, 3.8) is 0 Å². The van der Waals surface area contributed by atoms with Gasteiger partial charge in [-0.05, 0) is 5.92 Å². The van der Waals surface area contributed by atoms with Gasteiger partial charge < -0.3 is 0 Å². The van der Waals surface area contributed by atoms with Crippen LogP contribution in [-0.2, 0) is 0 Å². The van der Waals surface area contributed by atoms with E-state index in [1.54, 1.807) is 0 Å². The minimum atomic E-state index is -2.50. The van der Waals surface area contributed by atoms with Gasteiger partial charge in [0.05, 0.1) is 6.20 Å². The Morgan fingerprint density at radius 2 is 2.00 bits per heavy atom. The average molecular weight is 159 g/mol. The topological polar surface area (TPSA) is 26.5 Å². The van der Waals surface area contributed by atoms with Gasteiger partial charge in [0.2, 0.25) is 0 Å². The van der Waals surface area contributed by atoms with E-state index in [-0.39, 0.29) is 11.6 Å². The van der Waals surface area contributed by atoms with Gasteiger partial charge in [0.1, 0.15) is 5.71 Å². The molecule has 1 radical (unpaired) electrons. The molecule has 0 unspecified atom stereocenters. The van der Waals surface area contributed by atoms with Crippen LogP contribution in [0, 0.1) is 5.92 Å². The molecule has 0 fully saturated rings. The van der Waals surface area contributed by atoms with Crippen LogP contribution in [0.3, 0.4) is 0 Å². The van der Waals surface area contributed by atoms with Gasteiger partial charge in [-0.1, -0.05) is 13.8 Å². The molecule has 0 bridgehead atoms. The lowest BCUT2D eigenvalue weighted by Gasteiger charge is -2.06. The van der Waals surface area contributed by atoms with E-state index in [0.717, 1.165) is 0 Å². The number of alkyl halides is 2. The highest BCUT2D eigenvalue weighted by molar-refractivity contribution is 6.03. The Hall–Kier alpha value is -0.930. The van der Waals surface area contributed by atoms with Crippen molar-refractivity contribution in [1.29, 1.82) is 0 Å². The summed E-state index contributed by atoms with van der Waals surface area (Å²) in [5.41, 5.74) is 3.80. The van der Waals surface area contributed by atoms with E-state index in [1.807, 2.05) is 13.8 Å². The molecule has 0 saturated carbocycles. The summed E-state index contributed by atoms with van der Waals surface area (Å²) < 4.78 is 24.2. The zero-order valence-corrected chi connectivity index (χ0v) is 6.38. The molecule has 0 aromatic rings. The van der Waals surface area contributed by atoms with Gasteiger partial charge in [0.25, 0.3) is 6.43 Å². The first-order valence-corrected chi connectivity index (χ1v) is 3.39. The van der Waals surface area contributed by atoms with Crippen molar-refractivity contribution in [2.45, 2.75) is 20.3 Å². The van der Waals surface area contributed by atoms with Crippen molar-refractivity contribution in [2.24, 2.45) is 11.0 Å². The van der Waals surface area contributed by atoms with Crippen molar-refractivity contribution in [3.8, 4) is 0 Å².